The molecular formula is C31H33N7O3. The number of nitrogens with zero attached hydrogens (tertiary/aromatic N) is 5. The fourth-order valence-electron chi connectivity index (χ4n) is 5.86. The van der Waals surface area contributed by atoms with Gasteiger partial charge in [0.05, 0.1) is 36.2 Å². The van der Waals surface area contributed by atoms with Gasteiger partial charge in [-0.15, -0.1) is 0 Å². The molecule has 1 fully saturated rings. The first-order valence-corrected chi connectivity index (χ1v) is 13.7. The van der Waals surface area contributed by atoms with Crippen molar-refractivity contribution in [1.82, 2.24) is 23.8 Å². The second kappa shape index (κ2) is 10.7. The van der Waals surface area contributed by atoms with Gasteiger partial charge in [0.25, 0.3) is 5.91 Å². The van der Waals surface area contributed by atoms with E-state index in [0.717, 1.165) is 52.0 Å². The number of benzene rings is 2. The van der Waals surface area contributed by atoms with E-state index in [1.54, 1.807) is 13.3 Å². The Balaban J connectivity index is 1.32. The summed E-state index contributed by atoms with van der Waals surface area (Å²) in [5.74, 6) is 1.45. The van der Waals surface area contributed by atoms with Crippen LogP contribution >= 0.6 is 0 Å². The Labute approximate surface area is 237 Å². The Kier molecular flexibility index (Phi) is 6.92. The number of imidazole rings is 1. The van der Waals surface area contributed by atoms with Crippen LogP contribution in [-0.2, 0) is 11.8 Å². The zero-order valence-corrected chi connectivity index (χ0v) is 23.4. The average molecular weight is 552 g/mol. The largest absolute Gasteiger partial charge is 0.495 e. The Morgan fingerprint density at radius 2 is 1.90 bits per heavy atom. The Morgan fingerprint density at radius 3 is 2.63 bits per heavy atom. The first kappa shape index (κ1) is 26.5. The lowest BCUT2D eigenvalue weighted by Crippen LogP contribution is -2.41. The molecule has 2 amide bonds. The summed E-state index contributed by atoms with van der Waals surface area (Å²) in [5, 5.41) is 4.02. The highest BCUT2D eigenvalue weighted by Crippen LogP contribution is 2.37. The van der Waals surface area contributed by atoms with E-state index in [0.29, 0.717) is 30.2 Å². The normalized spacial score (nSPS) is 14.1. The zero-order valence-electron chi connectivity index (χ0n) is 23.4. The number of fused-ring (bicyclic) bond motifs is 2. The van der Waals surface area contributed by atoms with Crippen LogP contribution in [0.15, 0.2) is 60.9 Å². The quantitative estimate of drug-likeness (QED) is 0.328. The van der Waals surface area contributed by atoms with Crippen LogP contribution in [0.1, 0.15) is 40.8 Å². The zero-order chi connectivity index (χ0) is 28.7. The van der Waals surface area contributed by atoms with Crippen molar-refractivity contribution in [2.24, 2.45) is 12.8 Å². The van der Waals surface area contributed by atoms with Gasteiger partial charge in [0.15, 0.2) is 0 Å². The van der Waals surface area contributed by atoms with Crippen molar-refractivity contribution in [2.75, 3.05) is 32.1 Å². The monoisotopic (exact) mass is 551 g/mol. The number of anilines is 1. The lowest BCUT2D eigenvalue weighted by molar-refractivity contribution is -0.130. The van der Waals surface area contributed by atoms with Crippen molar-refractivity contribution in [2.45, 2.75) is 25.7 Å². The molecule has 0 saturated carbocycles. The average Bonchev–Trinajstić information content (AvgIpc) is 3.56. The Hall–Kier alpha value is -4.70. The lowest BCUT2D eigenvalue weighted by atomic mass is 9.96. The minimum atomic E-state index is -0.219. The van der Waals surface area contributed by atoms with Gasteiger partial charge in [-0.3, -0.25) is 19.0 Å². The number of aromatic nitrogens is 4. The van der Waals surface area contributed by atoms with E-state index in [4.69, 9.17) is 15.5 Å². The number of rotatable bonds is 6. The molecule has 0 atom stereocenters. The number of aryl methyl sites for hydroxylation is 2. The summed E-state index contributed by atoms with van der Waals surface area (Å²) in [6.45, 7) is 3.33. The Bertz CT molecular complexity index is 1780. The van der Waals surface area contributed by atoms with Crippen LogP contribution < -0.4 is 15.8 Å². The fourth-order valence-corrected chi connectivity index (χ4v) is 5.86. The van der Waals surface area contributed by atoms with Crippen molar-refractivity contribution < 1.29 is 14.3 Å². The third kappa shape index (κ3) is 4.70. The number of carbonyl (C=O) groups excluding carboxylic acids is 2. The molecule has 0 spiro atoms. The molecule has 0 bridgehead atoms. The van der Waals surface area contributed by atoms with Gasteiger partial charge in [0.1, 0.15) is 17.3 Å². The molecule has 210 valence electrons. The van der Waals surface area contributed by atoms with E-state index in [9.17, 15) is 9.59 Å². The summed E-state index contributed by atoms with van der Waals surface area (Å²) in [6.07, 6.45) is 5.36. The summed E-state index contributed by atoms with van der Waals surface area (Å²) in [5.41, 5.74) is 11.1. The molecule has 41 heavy (non-hydrogen) atoms. The van der Waals surface area contributed by atoms with Crippen molar-refractivity contribution in [1.29, 1.82) is 0 Å². The summed E-state index contributed by atoms with van der Waals surface area (Å²) in [6, 6.07) is 15.5. The fraction of sp³-hybridized carbons (Fsp3) is 0.290. The van der Waals surface area contributed by atoms with Gasteiger partial charge < -0.3 is 25.3 Å². The van der Waals surface area contributed by atoms with E-state index in [1.807, 2.05) is 78.2 Å². The molecule has 6 rings (SSSR count). The third-order valence-corrected chi connectivity index (χ3v) is 8.06. The van der Waals surface area contributed by atoms with E-state index < -0.39 is 0 Å². The molecule has 1 saturated heterocycles. The molecule has 10 heteroatoms. The standard InChI is InChI=1S/C31H33N7O3/c1-19-29-28(35-30(38(29)15-12-33-19)20-10-13-37(14-11-20)27(39)18-32)22-8-9-23(26(17-22)41-3)34-31(40)25-16-21-6-4-5-7-24(21)36(25)2/h4-9,12,15-17,20H,10-11,13-14,18,32H2,1-3H3,(H,34,40). The number of carbonyl (C=O) groups is 2. The molecule has 0 unspecified atom stereocenters. The maximum Gasteiger partial charge on any atom is 0.272 e. The van der Waals surface area contributed by atoms with Gasteiger partial charge in [-0.2, -0.15) is 0 Å². The molecule has 5 aromatic rings. The van der Waals surface area contributed by atoms with Gasteiger partial charge in [-0.25, -0.2) is 4.98 Å². The number of piperidine rings is 1. The van der Waals surface area contributed by atoms with Crippen LogP contribution in [0.2, 0.25) is 0 Å². The van der Waals surface area contributed by atoms with Crippen molar-refractivity contribution in [3.63, 3.8) is 0 Å². The highest BCUT2D eigenvalue weighted by atomic mass is 16.5. The summed E-state index contributed by atoms with van der Waals surface area (Å²) >= 11 is 0. The molecular weight excluding hydrogens is 518 g/mol. The number of nitrogens with one attached hydrogen (secondary N) is 1. The highest BCUT2D eigenvalue weighted by molar-refractivity contribution is 6.07. The number of hydrogen-bond donors (Lipinski definition) is 2. The number of methoxy groups -OCH3 is 1. The maximum absolute atomic E-state index is 13.3. The van der Waals surface area contributed by atoms with Crippen molar-refractivity contribution in [3.05, 3.63) is 78.1 Å². The molecule has 10 nitrogen and oxygen atoms in total. The van der Waals surface area contributed by atoms with Crippen LogP contribution in [0.5, 0.6) is 5.75 Å². The van der Waals surface area contributed by atoms with E-state index in [-0.39, 0.29) is 24.3 Å². The molecule has 2 aromatic carbocycles. The number of ether oxygens (including phenoxy) is 1. The number of nitrogens with two attached hydrogens (primary N) is 1. The summed E-state index contributed by atoms with van der Waals surface area (Å²) in [4.78, 5) is 36.8. The number of amides is 2. The smallest absolute Gasteiger partial charge is 0.272 e. The van der Waals surface area contributed by atoms with Crippen LogP contribution in [0.25, 0.3) is 27.7 Å². The SMILES string of the molecule is COc1cc(-c2nc(C3CCN(C(=O)CN)CC3)n3ccnc(C)c23)ccc1NC(=O)c1cc2ccccc2n1C. The van der Waals surface area contributed by atoms with E-state index in [2.05, 4.69) is 14.7 Å². The predicted molar refractivity (Wildman–Crippen MR) is 158 cm³/mol. The van der Waals surface area contributed by atoms with Gasteiger partial charge in [-0.1, -0.05) is 24.3 Å². The maximum atomic E-state index is 13.3. The molecule has 3 N–H and O–H groups in total. The van der Waals surface area contributed by atoms with Gasteiger partial charge in [0, 0.05) is 54.9 Å². The second-order valence-corrected chi connectivity index (χ2v) is 10.4. The topological polar surface area (TPSA) is 120 Å². The Morgan fingerprint density at radius 1 is 1.12 bits per heavy atom. The summed E-state index contributed by atoms with van der Waals surface area (Å²) < 4.78 is 9.73. The second-order valence-electron chi connectivity index (χ2n) is 10.4. The van der Waals surface area contributed by atoms with Crippen LogP contribution in [0.3, 0.4) is 0 Å². The predicted octanol–water partition coefficient (Wildman–Crippen LogP) is 4.12. The van der Waals surface area contributed by atoms with Crippen LogP contribution in [0, 0.1) is 6.92 Å². The van der Waals surface area contributed by atoms with E-state index in [1.165, 1.54) is 0 Å². The van der Waals surface area contributed by atoms with Crippen LogP contribution in [-0.4, -0.2) is 62.4 Å². The lowest BCUT2D eigenvalue weighted by Gasteiger charge is -2.31. The van der Waals surface area contributed by atoms with Crippen molar-refractivity contribution in [3.8, 4) is 17.0 Å². The number of hydrogen-bond acceptors (Lipinski definition) is 6. The molecule has 4 heterocycles. The molecule has 0 radical (unpaired) electrons. The van der Waals surface area contributed by atoms with Crippen molar-refractivity contribution >= 4 is 33.9 Å². The van der Waals surface area contributed by atoms with Gasteiger partial charge in [0.2, 0.25) is 5.91 Å². The third-order valence-electron chi connectivity index (χ3n) is 8.06. The molecule has 3 aromatic heterocycles. The van der Waals surface area contributed by atoms with Gasteiger partial charge in [-0.05, 0) is 44.0 Å². The number of likely N-dealkylation sites (tertiary alicyclic amines) is 1. The number of para-hydroxylation sites is 1. The molecule has 1 aliphatic rings. The highest BCUT2D eigenvalue weighted by Gasteiger charge is 2.28. The summed E-state index contributed by atoms with van der Waals surface area (Å²) in [7, 11) is 3.47. The first-order chi connectivity index (χ1) is 19.9. The first-order valence-electron chi connectivity index (χ1n) is 13.7. The minimum absolute atomic E-state index is 0.0168. The minimum Gasteiger partial charge on any atom is -0.495 e. The molecule has 1 aliphatic heterocycles. The van der Waals surface area contributed by atoms with Crippen LogP contribution in [0.4, 0.5) is 5.69 Å². The van der Waals surface area contributed by atoms with E-state index >= 15 is 0 Å². The van der Waals surface area contributed by atoms with Gasteiger partial charge >= 0.3 is 0 Å². The molecule has 0 aliphatic carbocycles.